The van der Waals surface area contributed by atoms with E-state index in [0.717, 1.165) is 6.92 Å². The van der Waals surface area contributed by atoms with Crippen LogP contribution in [0.25, 0.3) is 0 Å². The molecule has 0 heterocycles. The number of carbonyl (C=O) groups is 1. The molecule has 0 saturated heterocycles. The Bertz CT molecular complexity index is 30.6. The first kappa shape index (κ1) is 8.89. The molecule has 0 aromatic rings. The van der Waals surface area contributed by atoms with Crippen molar-refractivity contribution in [2.24, 2.45) is 0 Å². The quantitative estimate of drug-likeness (QED) is 0.447. The van der Waals surface area contributed by atoms with E-state index in [0.29, 0.717) is 0 Å². The Balaban J connectivity index is 0. The summed E-state index contributed by atoms with van der Waals surface area (Å²) in [5, 5.41) is 7.42. The van der Waals surface area contributed by atoms with Crippen LogP contribution in [-0.2, 0) is 4.79 Å². The molecule has 0 bridgehead atoms. The third-order valence-corrected chi connectivity index (χ3v) is 0. The Morgan fingerprint density at radius 1 is 1.80 bits per heavy atom. The maximum atomic E-state index is 9.00. The van der Waals surface area contributed by atoms with Crippen LogP contribution < -0.4 is 0 Å². The molecule has 1 N–H and O–H groups in total. The monoisotopic (exact) mass is 142 g/mol. The standard InChI is InChI=1S/C2H4O2.H2Se/c1-2(3)4;/h1H3,(H,3,4);1H2. The van der Waals surface area contributed by atoms with E-state index >= 15 is 0 Å². The second kappa shape index (κ2) is 3.99. The van der Waals surface area contributed by atoms with Crippen molar-refractivity contribution in [1.82, 2.24) is 0 Å². The molecule has 0 aliphatic heterocycles. The zero-order valence-electron chi connectivity index (χ0n) is 2.86. The van der Waals surface area contributed by atoms with Crippen molar-refractivity contribution >= 4 is 23.0 Å². The molecule has 0 spiro atoms. The SMILES string of the molecule is CC(=O)O.[SeH2]. The molecule has 2 nitrogen and oxygen atoms in total. The van der Waals surface area contributed by atoms with Crippen LogP contribution in [0.2, 0.25) is 0 Å². The van der Waals surface area contributed by atoms with Gasteiger partial charge in [-0.3, -0.25) is 4.79 Å². The topological polar surface area (TPSA) is 37.3 Å². The van der Waals surface area contributed by atoms with E-state index in [1.54, 1.807) is 0 Å². The minimum absolute atomic E-state index is 0. The molecule has 0 saturated carbocycles. The molecule has 3 heteroatoms. The third-order valence-electron chi connectivity index (χ3n) is 0. The van der Waals surface area contributed by atoms with Gasteiger partial charge in [-0.2, -0.15) is 0 Å². The number of carboxylic acids is 1. The summed E-state index contributed by atoms with van der Waals surface area (Å²) in [6, 6.07) is 0. The van der Waals surface area contributed by atoms with Crippen molar-refractivity contribution in [3.8, 4) is 0 Å². The summed E-state index contributed by atoms with van der Waals surface area (Å²) < 4.78 is 0. The predicted octanol–water partition coefficient (Wildman–Crippen LogP) is -0.825. The first-order valence-electron chi connectivity index (χ1n) is 0.928. The van der Waals surface area contributed by atoms with Gasteiger partial charge in [-0.15, -0.1) is 0 Å². The molecule has 0 amide bonds. The molecule has 0 radical (unpaired) electrons. The first-order valence-corrected chi connectivity index (χ1v) is 0.928. The van der Waals surface area contributed by atoms with E-state index in [4.69, 9.17) is 9.90 Å². The molecule has 32 valence electrons. The molecular weight excluding hydrogens is 135 g/mol. The molecule has 0 aromatic heterocycles. The Morgan fingerprint density at radius 3 is 1.80 bits per heavy atom. The summed E-state index contributed by atoms with van der Waals surface area (Å²) >= 11 is 0. The fourth-order valence-electron chi connectivity index (χ4n) is 0. The average molecular weight is 141 g/mol. The Hall–Kier alpha value is -0.0105. The molecule has 5 heavy (non-hydrogen) atoms. The average Bonchev–Trinajstić information content (AvgIpc) is 0.811. The second-order valence-electron chi connectivity index (χ2n) is 0.519. The van der Waals surface area contributed by atoms with Crippen molar-refractivity contribution in [3.63, 3.8) is 0 Å². The minimum atomic E-state index is -0.833. The van der Waals surface area contributed by atoms with Gasteiger partial charge in [0.05, 0.1) is 0 Å². The van der Waals surface area contributed by atoms with E-state index in [9.17, 15) is 0 Å². The predicted molar refractivity (Wildman–Crippen MR) is 21.9 cm³/mol. The van der Waals surface area contributed by atoms with Gasteiger partial charge in [0.1, 0.15) is 0 Å². The molecule has 0 fully saturated rings. The van der Waals surface area contributed by atoms with Gasteiger partial charge in [-0.25, -0.2) is 0 Å². The van der Waals surface area contributed by atoms with Crippen molar-refractivity contribution in [1.29, 1.82) is 0 Å². The molecule has 0 atom stereocenters. The molecule has 0 rings (SSSR count). The summed E-state index contributed by atoms with van der Waals surface area (Å²) in [7, 11) is 0. The summed E-state index contributed by atoms with van der Waals surface area (Å²) in [6.07, 6.45) is 0. The molecule has 0 unspecified atom stereocenters. The van der Waals surface area contributed by atoms with Crippen LogP contribution >= 0.6 is 0 Å². The number of rotatable bonds is 0. The maximum absolute atomic E-state index is 9.00. The van der Waals surface area contributed by atoms with Crippen LogP contribution in [0, 0.1) is 0 Å². The van der Waals surface area contributed by atoms with Gasteiger partial charge in [-0.1, -0.05) is 0 Å². The summed E-state index contributed by atoms with van der Waals surface area (Å²) in [4.78, 5) is 9.00. The van der Waals surface area contributed by atoms with E-state index < -0.39 is 5.97 Å². The van der Waals surface area contributed by atoms with Crippen LogP contribution in [0.3, 0.4) is 0 Å². The van der Waals surface area contributed by atoms with Crippen LogP contribution in [0.1, 0.15) is 6.92 Å². The second-order valence-corrected chi connectivity index (χ2v) is 0.519. The molecular formula is C2H6O2Se. The zero-order valence-corrected chi connectivity index (χ0v) is 4.95. The van der Waals surface area contributed by atoms with Gasteiger partial charge in [0.25, 0.3) is 5.97 Å². The van der Waals surface area contributed by atoms with Crippen LogP contribution in [0.5, 0.6) is 0 Å². The summed E-state index contributed by atoms with van der Waals surface area (Å²) in [6.45, 7) is 1.08. The molecule has 0 aliphatic rings. The van der Waals surface area contributed by atoms with Crippen LogP contribution in [0.15, 0.2) is 0 Å². The summed E-state index contributed by atoms with van der Waals surface area (Å²) in [5.74, 6) is -0.833. The van der Waals surface area contributed by atoms with Gasteiger partial charge < -0.3 is 5.11 Å². The van der Waals surface area contributed by atoms with Gasteiger partial charge in [0.2, 0.25) is 0 Å². The van der Waals surface area contributed by atoms with E-state index in [1.165, 1.54) is 0 Å². The molecule has 0 aromatic carbocycles. The normalized spacial score (nSPS) is 5.00. The number of hydrogen-bond donors (Lipinski definition) is 1. The third kappa shape index (κ3) is 143000. The number of aliphatic carboxylic acids is 1. The van der Waals surface area contributed by atoms with E-state index in [-0.39, 0.29) is 17.1 Å². The first-order chi connectivity index (χ1) is 1.73. The van der Waals surface area contributed by atoms with Gasteiger partial charge >= 0.3 is 17.1 Å². The van der Waals surface area contributed by atoms with Crippen molar-refractivity contribution in [2.45, 2.75) is 6.92 Å². The van der Waals surface area contributed by atoms with Gasteiger partial charge in [-0.05, 0) is 0 Å². The van der Waals surface area contributed by atoms with Crippen molar-refractivity contribution in [2.75, 3.05) is 0 Å². The summed E-state index contributed by atoms with van der Waals surface area (Å²) in [5.41, 5.74) is 0. The Morgan fingerprint density at radius 2 is 1.80 bits per heavy atom. The Labute approximate surface area is 40.7 Å². The van der Waals surface area contributed by atoms with E-state index in [1.807, 2.05) is 0 Å². The van der Waals surface area contributed by atoms with Gasteiger partial charge in [0.15, 0.2) is 0 Å². The number of carboxylic acid groups (broad SMARTS) is 1. The Kier molecular flexibility index (Phi) is 7.09. The fraction of sp³-hybridized carbons (Fsp3) is 0.500. The van der Waals surface area contributed by atoms with Gasteiger partial charge in [0, 0.05) is 6.92 Å². The molecule has 0 aliphatic carbocycles. The zero-order chi connectivity index (χ0) is 3.58. The van der Waals surface area contributed by atoms with Crippen molar-refractivity contribution < 1.29 is 9.90 Å². The van der Waals surface area contributed by atoms with Crippen LogP contribution in [-0.4, -0.2) is 28.1 Å². The number of hydrogen-bond acceptors (Lipinski definition) is 1. The van der Waals surface area contributed by atoms with Crippen molar-refractivity contribution in [3.05, 3.63) is 0 Å². The van der Waals surface area contributed by atoms with Crippen LogP contribution in [0.4, 0.5) is 0 Å². The fourth-order valence-corrected chi connectivity index (χ4v) is 0. The van der Waals surface area contributed by atoms with E-state index in [2.05, 4.69) is 0 Å².